The maximum atomic E-state index is 12.0. The molecule has 116 valence electrons. The average molecular weight is 293 g/mol. The van der Waals surface area contributed by atoms with Crippen LogP contribution in [0.15, 0.2) is 29.4 Å². The molecule has 6 nitrogen and oxygen atoms in total. The highest BCUT2D eigenvalue weighted by Gasteiger charge is 2.21. The van der Waals surface area contributed by atoms with Gasteiger partial charge in [0.25, 0.3) is 0 Å². The monoisotopic (exact) mass is 293 g/mol. The minimum atomic E-state index is -0.598. The molecule has 0 spiro atoms. The van der Waals surface area contributed by atoms with Gasteiger partial charge in [0.2, 0.25) is 5.91 Å². The molecule has 0 radical (unpaired) electrons. The van der Waals surface area contributed by atoms with Gasteiger partial charge in [0, 0.05) is 0 Å². The highest BCUT2D eigenvalue weighted by Crippen LogP contribution is 2.12. The van der Waals surface area contributed by atoms with Gasteiger partial charge in [0.05, 0.1) is 12.5 Å². The summed E-state index contributed by atoms with van der Waals surface area (Å²) in [5, 5.41) is 14.3. The Kier molecular flexibility index (Phi) is 7.08. The zero-order valence-electron chi connectivity index (χ0n) is 12.5. The Balaban J connectivity index is 2.38. The van der Waals surface area contributed by atoms with Crippen molar-refractivity contribution in [3.05, 3.63) is 29.8 Å². The van der Waals surface area contributed by atoms with Crippen LogP contribution in [-0.4, -0.2) is 30.1 Å². The second-order valence-corrected chi connectivity index (χ2v) is 4.82. The van der Waals surface area contributed by atoms with Gasteiger partial charge in [-0.2, -0.15) is 0 Å². The standard InChI is InChI=1S/C15H23N3O3/c1-3-5-13(14(16)18-20)15(19)17-8-9-21-12-7-4-6-11(2)10-12/h4,6-7,10,13,20H,3,5,8-9H2,1-2H3,(H2,16,18)(H,17,19). The maximum absolute atomic E-state index is 12.0. The first-order chi connectivity index (χ1) is 10.1. The van der Waals surface area contributed by atoms with Crippen molar-refractivity contribution in [2.45, 2.75) is 26.7 Å². The molecule has 1 amide bonds. The van der Waals surface area contributed by atoms with E-state index in [2.05, 4.69) is 10.5 Å². The predicted molar refractivity (Wildman–Crippen MR) is 81.5 cm³/mol. The lowest BCUT2D eigenvalue weighted by Gasteiger charge is -2.15. The molecule has 6 heteroatoms. The maximum Gasteiger partial charge on any atom is 0.230 e. The van der Waals surface area contributed by atoms with Gasteiger partial charge in [0.1, 0.15) is 12.4 Å². The third-order valence-electron chi connectivity index (χ3n) is 3.03. The van der Waals surface area contributed by atoms with Crippen LogP contribution < -0.4 is 15.8 Å². The van der Waals surface area contributed by atoms with E-state index in [1.807, 2.05) is 38.1 Å². The fourth-order valence-electron chi connectivity index (χ4n) is 1.94. The fourth-order valence-corrected chi connectivity index (χ4v) is 1.94. The number of aryl methyl sites for hydroxylation is 1. The number of nitrogens with one attached hydrogen (secondary N) is 1. The topological polar surface area (TPSA) is 96.9 Å². The van der Waals surface area contributed by atoms with E-state index >= 15 is 0 Å². The Hall–Kier alpha value is -2.24. The number of benzene rings is 1. The Morgan fingerprint density at radius 2 is 2.29 bits per heavy atom. The number of oxime groups is 1. The summed E-state index contributed by atoms with van der Waals surface area (Å²) in [4.78, 5) is 12.0. The summed E-state index contributed by atoms with van der Waals surface area (Å²) < 4.78 is 5.54. The number of nitrogens with zero attached hydrogens (tertiary/aromatic N) is 1. The molecule has 0 aliphatic rings. The van der Waals surface area contributed by atoms with Gasteiger partial charge in [-0.1, -0.05) is 30.6 Å². The van der Waals surface area contributed by atoms with Crippen LogP contribution in [0.3, 0.4) is 0 Å². The Morgan fingerprint density at radius 1 is 1.52 bits per heavy atom. The molecule has 1 unspecified atom stereocenters. The first-order valence-corrected chi connectivity index (χ1v) is 7.03. The third-order valence-corrected chi connectivity index (χ3v) is 3.03. The number of amides is 1. The van der Waals surface area contributed by atoms with Crippen molar-refractivity contribution >= 4 is 11.7 Å². The minimum Gasteiger partial charge on any atom is -0.492 e. The first kappa shape index (κ1) is 16.8. The Bertz CT molecular complexity index is 489. The van der Waals surface area contributed by atoms with Crippen LogP contribution in [0.5, 0.6) is 5.75 Å². The van der Waals surface area contributed by atoms with E-state index < -0.39 is 5.92 Å². The van der Waals surface area contributed by atoms with E-state index in [4.69, 9.17) is 15.7 Å². The van der Waals surface area contributed by atoms with Gasteiger partial charge in [-0.05, 0) is 31.0 Å². The quantitative estimate of drug-likeness (QED) is 0.223. The van der Waals surface area contributed by atoms with Crippen molar-refractivity contribution in [1.82, 2.24) is 5.32 Å². The Morgan fingerprint density at radius 3 is 2.90 bits per heavy atom. The summed E-state index contributed by atoms with van der Waals surface area (Å²) in [7, 11) is 0. The largest absolute Gasteiger partial charge is 0.492 e. The van der Waals surface area contributed by atoms with Crippen molar-refractivity contribution in [2.24, 2.45) is 16.8 Å². The van der Waals surface area contributed by atoms with E-state index in [1.54, 1.807) is 0 Å². The third kappa shape index (κ3) is 5.72. The van der Waals surface area contributed by atoms with Crippen molar-refractivity contribution in [1.29, 1.82) is 0 Å². The number of carbonyl (C=O) groups excluding carboxylic acids is 1. The van der Waals surface area contributed by atoms with Crippen LogP contribution in [0.25, 0.3) is 0 Å². The van der Waals surface area contributed by atoms with Gasteiger partial charge < -0.3 is 21.0 Å². The molecular weight excluding hydrogens is 270 g/mol. The summed E-state index contributed by atoms with van der Waals surface area (Å²) in [5.41, 5.74) is 6.64. The summed E-state index contributed by atoms with van der Waals surface area (Å²) >= 11 is 0. The summed E-state index contributed by atoms with van der Waals surface area (Å²) in [6.45, 7) is 4.66. The number of hydrogen-bond donors (Lipinski definition) is 3. The molecule has 1 atom stereocenters. The van der Waals surface area contributed by atoms with Crippen molar-refractivity contribution in [2.75, 3.05) is 13.2 Å². The van der Waals surface area contributed by atoms with E-state index in [0.717, 1.165) is 17.7 Å². The number of nitrogens with two attached hydrogens (primary N) is 1. The molecule has 0 aromatic heterocycles. The van der Waals surface area contributed by atoms with Crippen LogP contribution >= 0.6 is 0 Å². The summed E-state index contributed by atoms with van der Waals surface area (Å²) in [6, 6.07) is 7.70. The molecule has 0 saturated carbocycles. The molecule has 1 aromatic carbocycles. The number of ether oxygens (including phenoxy) is 1. The van der Waals surface area contributed by atoms with E-state index in [-0.39, 0.29) is 11.7 Å². The van der Waals surface area contributed by atoms with Crippen LogP contribution in [0.2, 0.25) is 0 Å². The van der Waals surface area contributed by atoms with E-state index in [0.29, 0.717) is 19.6 Å². The highest BCUT2D eigenvalue weighted by molar-refractivity contribution is 6.02. The van der Waals surface area contributed by atoms with E-state index in [9.17, 15) is 4.79 Å². The lowest BCUT2D eigenvalue weighted by Crippen LogP contribution is -2.40. The summed E-state index contributed by atoms with van der Waals surface area (Å²) in [6.07, 6.45) is 1.31. The number of rotatable bonds is 8. The molecule has 0 aliphatic heterocycles. The smallest absolute Gasteiger partial charge is 0.230 e. The molecule has 21 heavy (non-hydrogen) atoms. The molecular formula is C15H23N3O3. The molecule has 0 bridgehead atoms. The summed E-state index contributed by atoms with van der Waals surface area (Å²) in [5.74, 6) is -0.140. The zero-order valence-corrected chi connectivity index (χ0v) is 12.5. The van der Waals surface area contributed by atoms with Crippen LogP contribution in [0.1, 0.15) is 25.3 Å². The molecule has 0 saturated heterocycles. The first-order valence-electron chi connectivity index (χ1n) is 7.03. The zero-order chi connectivity index (χ0) is 15.7. The van der Waals surface area contributed by atoms with Gasteiger partial charge in [-0.25, -0.2) is 0 Å². The second-order valence-electron chi connectivity index (χ2n) is 4.82. The minimum absolute atomic E-state index is 0.0612. The van der Waals surface area contributed by atoms with Crippen molar-refractivity contribution in [3.8, 4) is 5.75 Å². The Labute approximate surface area is 125 Å². The van der Waals surface area contributed by atoms with Crippen molar-refractivity contribution in [3.63, 3.8) is 0 Å². The molecule has 1 rings (SSSR count). The normalized spacial score (nSPS) is 12.8. The predicted octanol–water partition coefficient (Wildman–Crippen LogP) is 1.65. The lowest BCUT2D eigenvalue weighted by molar-refractivity contribution is -0.123. The second kappa shape index (κ2) is 8.84. The lowest BCUT2D eigenvalue weighted by atomic mass is 10.0. The molecule has 0 heterocycles. The molecule has 0 aliphatic carbocycles. The van der Waals surface area contributed by atoms with E-state index in [1.165, 1.54) is 0 Å². The number of carbonyl (C=O) groups is 1. The molecule has 4 N–H and O–H groups in total. The average Bonchev–Trinajstić information content (AvgIpc) is 2.48. The molecule has 1 aromatic rings. The van der Waals surface area contributed by atoms with Gasteiger partial charge >= 0.3 is 0 Å². The highest BCUT2D eigenvalue weighted by atomic mass is 16.5. The van der Waals surface area contributed by atoms with Crippen LogP contribution in [-0.2, 0) is 4.79 Å². The van der Waals surface area contributed by atoms with Crippen molar-refractivity contribution < 1.29 is 14.7 Å². The number of amidine groups is 1. The van der Waals surface area contributed by atoms with Gasteiger partial charge in [0.15, 0.2) is 5.84 Å². The fraction of sp³-hybridized carbons (Fsp3) is 0.467. The van der Waals surface area contributed by atoms with Crippen LogP contribution in [0.4, 0.5) is 0 Å². The van der Waals surface area contributed by atoms with Gasteiger partial charge in [-0.15, -0.1) is 0 Å². The SMILES string of the molecule is CCCC(C(=O)NCCOc1cccc(C)c1)C(N)=NO. The van der Waals surface area contributed by atoms with Gasteiger partial charge in [-0.3, -0.25) is 4.79 Å². The molecule has 0 fully saturated rings. The van der Waals surface area contributed by atoms with Crippen LogP contribution in [0, 0.1) is 12.8 Å². The number of hydrogen-bond acceptors (Lipinski definition) is 4.